The van der Waals surface area contributed by atoms with Gasteiger partial charge in [-0.05, 0) is 61.6 Å². The first-order valence-corrected chi connectivity index (χ1v) is 10.9. The molecule has 0 saturated carbocycles. The van der Waals surface area contributed by atoms with Crippen LogP contribution < -0.4 is 5.32 Å². The van der Waals surface area contributed by atoms with Gasteiger partial charge in [0.15, 0.2) is 0 Å². The number of nitrogens with zero attached hydrogens (tertiary/aromatic N) is 1. The number of hydrogen-bond acceptors (Lipinski definition) is 3. The molecule has 1 amide bonds. The smallest absolute Gasteiger partial charge is 0.243 e. The Morgan fingerprint density at radius 3 is 2.72 bits per heavy atom. The zero-order valence-electron chi connectivity index (χ0n) is 16.0. The molecular formula is C21H22FN3O3S. The zero-order valence-corrected chi connectivity index (χ0v) is 16.9. The Hall–Kier alpha value is -2.71. The number of aromatic nitrogens is 1. The van der Waals surface area contributed by atoms with E-state index in [1.54, 1.807) is 24.3 Å². The number of sulfonamides is 1. The first kappa shape index (κ1) is 19.6. The third kappa shape index (κ3) is 3.77. The fraction of sp³-hybridized carbons (Fsp3) is 0.286. The van der Waals surface area contributed by atoms with Gasteiger partial charge >= 0.3 is 0 Å². The molecule has 4 rings (SSSR count). The maximum Gasteiger partial charge on any atom is 0.243 e. The van der Waals surface area contributed by atoms with E-state index in [1.807, 2.05) is 0 Å². The number of carbonyl (C=O) groups excluding carboxylic acids is 1. The maximum atomic E-state index is 13.7. The van der Waals surface area contributed by atoms with E-state index in [1.165, 1.54) is 36.5 Å². The number of amides is 1. The van der Waals surface area contributed by atoms with Gasteiger partial charge in [-0.15, -0.1) is 0 Å². The van der Waals surface area contributed by atoms with Crippen LogP contribution in [0.1, 0.15) is 24.1 Å². The number of nitrogens with one attached hydrogen (secondary N) is 2. The Kier molecular flexibility index (Phi) is 5.14. The van der Waals surface area contributed by atoms with Gasteiger partial charge in [0, 0.05) is 23.6 Å². The quantitative estimate of drug-likeness (QED) is 0.670. The van der Waals surface area contributed by atoms with Crippen molar-refractivity contribution in [1.29, 1.82) is 0 Å². The fourth-order valence-electron chi connectivity index (χ4n) is 3.77. The molecule has 8 heteroatoms. The molecule has 1 aliphatic rings. The predicted molar refractivity (Wildman–Crippen MR) is 110 cm³/mol. The highest BCUT2D eigenvalue weighted by Crippen LogP contribution is 2.31. The highest BCUT2D eigenvalue weighted by atomic mass is 32.2. The molecular weight excluding hydrogens is 393 g/mol. The Labute approximate surface area is 168 Å². The van der Waals surface area contributed by atoms with Gasteiger partial charge in [0.2, 0.25) is 15.9 Å². The first-order valence-electron chi connectivity index (χ1n) is 9.50. The summed E-state index contributed by atoms with van der Waals surface area (Å²) in [6.45, 7) is -0.417. The number of halogens is 1. The molecule has 29 heavy (non-hydrogen) atoms. The minimum Gasteiger partial charge on any atom is -0.358 e. The third-order valence-electron chi connectivity index (χ3n) is 5.29. The average Bonchev–Trinajstić information content (AvgIpc) is 3.07. The number of rotatable bonds is 5. The van der Waals surface area contributed by atoms with E-state index in [4.69, 9.17) is 0 Å². The summed E-state index contributed by atoms with van der Waals surface area (Å²) < 4.78 is 40.6. The van der Waals surface area contributed by atoms with Crippen LogP contribution in [0.5, 0.6) is 0 Å². The molecule has 2 N–H and O–H groups in total. The summed E-state index contributed by atoms with van der Waals surface area (Å²) in [7, 11) is -2.53. The number of aromatic amines is 1. The molecule has 0 saturated heterocycles. The van der Waals surface area contributed by atoms with Gasteiger partial charge in [-0.25, -0.2) is 12.8 Å². The lowest BCUT2D eigenvalue weighted by Gasteiger charge is -2.17. The van der Waals surface area contributed by atoms with Crippen LogP contribution in [0, 0.1) is 5.82 Å². The zero-order chi connectivity index (χ0) is 20.6. The van der Waals surface area contributed by atoms with Crippen LogP contribution in [0.3, 0.4) is 0 Å². The summed E-state index contributed by atoms with van der Waals surface area (Å²) in [5, 5.41) is 3.33. The van der Waals surface area contributed by atoms with E-state index < -0.39 is 28.3 Å². The Bertz CT molecular complexity index is 1190. The molecule has 2 aromatic carbocycles. The van der Waals surface area contributed by atoms with Gasteiger partial charge in [-0.2, -0.15) is 4.31 Å². The van der Waals surface area contributed by atoms with Gasteiger partial charge in [-0.3, -0.25) is 4.79 Å². The molecule has 152 valence electrons. The first-order chi connectivity index (χ1) is 13.9. The molecule has 1 heterocycles. The van der Waals surface area contributed by atoms with Crippen molar-refractivity contribution in [1.82, 2.24) is 9.29 Å². The van der Waals surface area contributed by atoms with E-state index in [0.717, 1.165) is 40.9 Å². The van der Waals surface area contributed by atoms with Gasteiger partial charge in [0.1, 0.15) is 5.82 Å². The molecule has 0 fully saturated rings. The topological polar surface area (TPSA) is 82.3 Å². The minimum absolute atomic E-state index is 0.0173. The molecule has 1 aromatic heterocycles. The number of likely N-dealkylation sites (N-methyl/N-ethyl adjacent to an activating group) is 1. The van der Waals surface area contributed by atoms with Gasteiger partial charge in [0.05, 0.1) is 17.1 Å². The van der Waals surface area contributed by atoms with Crippen molar-refractivity contribution < 1.29 is 17.6 Å². The van der Waals surface area contributed by atoms with Crippen LogP contribution >= 0.6 is 0 Å². The van der Waals surface area contributed by atoms with Crippen LogP contribution in [0.4, 0.5) is 10.1 Å². The summed E-state index contributed by atoms with van der Waals surface area (Å²) in [5.41, 5.74) is 3.31. The summed E-state index contributed by atoms with van der Waals surface area (Å²) in [4.78, 5) is 15.7. The van der Waals surface area contributed by atoms with Crippen LogP contribution in [0.25, 0.3) is 10.9 Å². The second-order valence-electron chi connectivity index (χ2n) is 7.29. The maximum absolute atomic E-state index is 13.7. The number of aryl methyl sites for hydroxylation is 2. The van der Waals surface area contributed by atoms with Crippen molar-refractivity contribution in [2.45, 2.75) is 30.6 Å². The minimum atomic E-state index is -3.87. The van der Waals surface area contributed by atoms with Crippen molar-refractivity contribution in [3.63, 3.8) is 0 Å². The summed E-state index contributed by atoms with van der Waals surface area (Å²) in [6, 6.07) is 10.7. The second-order valence-corrected chi connectivity index (χ2v) is 9.33. The summed E-state index contributed by atoms with van der Waals surface area (Å²) in [5.74, 6) is -1.18. The number of carbonyl (C=O) groups is 1. The van der Waals surface area contributed by atoms with E-state index >= 15 is 0 Å². The van der Waals surface area contributed by atoms with Crippen LogP contribution in [0.15, 0.2) is 47.4 Å². The Morgan fingerprint density at radius 2 is 1.93 bits per heavy atom. The van der Waals surface area contributed by atoms with Crippen molar-refractivity contribution in [3.05, 3.63) is 59.5 Å². The highest BCUT2D eigenvalue weighted by molar-refractivity contribution is 7.89. The van der Waals surface area contributed by atoms with E-state index in [0.29, 0.717) is 0 Å². The summed E-state index contributed by atoms with van der Waals surface area (Å²) >= 11 is 0. The number of hydrogen-bond donors (Lipinski definition) is 2. The SMILES string of the molecule is CN(CC(=O)Nc1ccccc1F)S(=O)(=O)c1ccc2[nH]c3c(c2c1)CCCC3. The second kappa shape index (κ2) is 7.61. The van der Waals surface area contributed by atoms with Crippen LogP contribution in [0.2, 0.25) is 0 Å². The number of benzene rings is 2. The molecule has 6 nitrogen and oxygen atoms in total. The number of anilines is 1. The number of H-pyrrole nitrogens is 1. The van der Waals surface area contributed by atoms with Crippen molar-refractivity contribution in [2.75, 3.05) is 18.9 Å². The Morgan fingerprint density at radius 1 is 1.17 bits per heavy atom. The molecule has 0 aliphatic heterocycles. The van der Waals surface area contributed by atoms with Crippen LogP contribution in [-0.2, 0) is 27.7 Å². The Balaban J connectivity index is 1.55. The van der Waals surface area contributed by atoms with Gasteiger partial charge in [0.25, 0.3) is 0 Å². The lowest BCUT2D eigenvalue weighted by Crippen LogP contribution is -2.35. The standard InChI is InChI=1S/C21H22FN3O3S/c1-25(13-21(26)24-20-9-5-3-7-17(20)22)29(27,28)14-10-11-19-16(12-14)15-6-2-4-8-18(15)23-19/h3,5,7,9-12,23H,2,4,6,8,13H2,1H3,(H,24,26). The number of fused-ring (bicyclic) bond motifs is 3. The molecule has 3 aromatic rings. The molecule has 0 spiro atoms. The van der Waals surface area contributed by atoms with Crippen molar-refractivity contribution in [2.24, 2.45) is 0 Å². The largest absolute Gasteiger partial charge is 0.358 e. The fourth-order valence-corrected chi connectivity index (χ4v) is 4.92. The average molecular weight is 415 g/mol. The highest BCUT2D eigenvalue weighted by Gasteiger charge is 2.25. The lowest BCUT2D eigenvalue weighted by atomic mass is 9.96. The molecule has 0 radical (unpaired) electrons. The number of para-hydroxylation sites is 1. The predicted octanol–water partition coefficient (Wildman–Crippen LogP) is 3.45. The van der Waals surface area contributed by atoms with Crippen molar-refractivity contribution in [3.8, 4) is 0 Å². The summed E-state index contributed by atoms with van der Waals surface area (Å²) in [6.07, 6.45) is 4.12. The molecule has 0 unspecified atom stereocenters. The van der Waals surface area contributed by atoms with Gasteiger partial charge in [-0.1, -0.05) is 12.1 Å². The van der Waals surface area contributed by atoms with Gasteiger partial charge < -0.3 is 10.3 Å². The van der Waals surface area contributed by atoms with E-state index in [-0.39, 0.29) is 10.6 Å². The van der Waals surface area contributed by atoms with E-state index in [2.05, 4.69) is 10.3 Å². The normalized spacial score (nSPS) is 14.2. The lowest BCUT2D eigenvalue weighted by molar-refractivity contribution is -0.116. The third-order valence-corrected chi connectivity index (χ3v) is 7.09. The monoisotopic (exact) mass is 415 g/mol. The van der Waals surface area contributed by atoms with Crippen LogP contribution in [-0.4, -0.2) is 37.2 Å². The molecule has 0 atom stereocenters. The molecule has 1 aliphatic carbocycles. The van der Waals surface area contributed by atoms with Crippen molar-refractivity contribution >= 4 is 32.5 Å². The van der Waals surface area contributed by atoms with E-state index in [9.17, 15) is 17.6 Å². The molecule has 0 bridgehead atoms.